The van der Waals surface area contributed by atoms with E-state index in [2.05, 4.69) is 15.3 Å². The second-order valence-electron chi connectivity index (χ2n) is 10.0. The molecule has 6 rings (SSSR count). The van der Waals surface area contributed by atoms with E-state index in [1.54, 1.807) is 18.5 Å². The average Bonchev–Trinajstić information content (AvgIpc) is 3.10. The summed E-state index contributed by atoms with van der Waals surface area (Å²) in [7, 11) is -0.663. The lowest BCUT2D eigenvalue weighted by molar-refractivity contribution is 0.0938. The third-order valence-electron chi connectivity index (χ3n) is 7.04. The number of carbonyl (C=O) groups is 1. The van der Waals surface area contributed by atoms with Crippen LogP contribution >= 0.6 is 0 Å². The smallest absolute Gasteiger partial charge is 0.251 e. The topological polar surface area (TPSA) is 127 Å². The van der Waals surface area contributed by atoms with Gasteiger partial charge >= 0.3 is 0 Å². The van der Waals surface area contributed by atoms with Crippen LogP contribution in [0.1, 0.15) is 21.6 Å². The van der Waals surface area contributed by atoms with E-state index in [4.69, 9.17) is 14.5 Å². The van der Waals surface area contributed by atoms with Crippen LogP contribution in [0, 0.1) is 5.82 Å². The molecule has 0 aliphatic carbocycles. The molecule has 0 fully saturated rings. The van der Waals surface area contributed by atoms with Crippen molar-refractivity contribution in [3.8, 4) is 5.75 Å². The fourth-order valence-corrected chi connectivity index (χ4v) is 6.08. The summed E-state index contributed by atoms with van der Waals surface area (Å²) in [6, 6.07) is 9.28. The first-order chi connectivity index (χ1) is 20.1. The molecule has 1 N–H and O–H groups in total. The lowest BCUT2D eigenvalue weighted by Crippen LogP contribution is -2.30. The Morgan fingerprint density at radius 1 is 1.17 bits per heavy atom. The minimum atomic E-state index is -4.52. The maximum atomic E-state index is 14.7. The summed E-state index contributed by atoms with van der Waals surface area (Å²) in [5.41, 5.74) is -0.914. The number of amides is 1. The standard InChI is InChI=1S/C28H26F2N6O5S/c1-35(2)19-10-23-27(32-13-19)36(5-6-41-23)26-4-3-16-11-31-18(9-22(16)34-26)12-33-28(37)17-7-21(29)20-14-40-15-25(30)42(38,39)24(20)8-17/h3-4,7-11,13,25H,5-6,12,14-15H2,1-2H3,(H,33,37)/t25-/m1/s1. The molecule has 0 radical (unpaired) electrons. The summed E-state index contributed by atoms with van der Waals surface area (Å²) in [4.78, 5) is 29.9. The summed E-state index contributed by atoms with van der Waals surface area (Å²) in [5.74, 6) is 0.261. The van der Waals surface area contributed by atoms with Crippen molar-refractivity contribution in [3.63, 3.8) is 0 Å². The van der Waals surface area contributed by atoms with Crippen molar-refractivity contribution in [2.75, 3.05) is 43.7 Å². The van der Waals surface area contributed by atoms with Crippen LogP contribution < -0.4 is 19.9 Å². The number of hydrogen-bond acceptors (Lipinski definition) is 10. The van der Waals surface area contributed by atoms with Crippen LogP contribution in [-0.2, 0) is 27.7 Å². The zero-order valence-corrected chi connectivity index (χ0v) is 23.5. The molecule has 1 atom stereocenters. The fraction of sp³-hybridized carbons (Fsp3) is 0.286. The molecule has 1 amide bonds. The maximum absolute atomic E-state index is 14.7. The molecular formula is C28H26F2N6O5S. The van der Waals surface area contributed by atoms with E-state index < -0.39 is 45.2 Å². The van der Waals surface area contributed by atoms with Gasteiger partial charge in [-0.3, -0.25) is 9.78 Å². The predicted molar refractivity (Wildman–Crippen MR) is 150 cm³/mol. The lowest BCUT2D eigenvalue weighted by Gasteiger charge is -2.30. The van der Waals surface area contributed by atoms with Gasteiger partial charge in [-0.25, -0.2) is 27.2 Å². The largest absolute Gasteiger partial charge is 0.488 e. The quantitative estimate of drug-likeness (QED) is 0.367. The molecule has 0 bridgehead atoms. The van der Waals surface area contributed by atoms with Gasteiger partial charge in [-0.1, -0.05) is 0 Å². The molecule has 42 heavy (non-hydrogen) atoms. The Morgan fingerprint density at radius 3 is 2.81 bits per heavy atom. The van der Waals surface area contributed by atoms with Crippen LogP contribution in [0.4, 0.5) is 26.1 Å². The number of sulfone groups is 1. The number of benzene rings is 1. The van der Waals surface area contributed by atoms with Gasteiger partial charge in [0.1, 0.15) is 18.2 Å². The highest BCUT2D eigenvalue weighted by Crippen LogP contribution is 2.36. The summed E-state index contributed by atoms with van der Waals surface area (Å²) < 4.78 is 64.7. The molecule has 2 aliphatic rings. The van der Waals surface area contributed by atoms with Gasteiger partial charge in [-0.15, -0.1) is 0 Å². The third-order valence-corrected chi connectivity index (χ3v) is 8.83. The Morgan fingerprint density at radius 2 is 2.00 bits per heavy atom. The molecule has 218 valence electrons. The molecule has 0 unspecified atom stereocenters. The van der Waals surface area contributed by atoms with Gasteiger partial charge in [0.25, 0.3) is 5.91 Å². The maximum Gasteiger partial charge on any atom is 0.251 e. The molecule has 14 heteroatoms. The normalized spacial score (nSPS) is 17.5. The van der Waals surface area contributed by atoms with Crippen LogP contribution in [0.15, 0.2) is 53.7 Å². The molecular weight excluding hydrogens is 570 g/mol. The van der Waals surface area contributed by atoms with E-state index in [0.29, 0.717) is 41.7 Å². The summed E-state index contributed by atoms with van der Waals surface area (Å²) in [6.07, 6.45) is 3.39. The van der Waals surface area contributed by atoms with Crippen molar-refractivity contribution in [3.05, 3.63) is 71.4 Å². The Kier molecular flexibility index (Phi) is 7.10. The van der Waals surface area contributed by atoms with Crippen molar-refractivity contribution in [1.29, 1.82) is 0 Å². The number of nitrogens with zero attached hydrogens (tertiary/aromatic N) is 5. The molecule has 4 aromatic rings. The molecule has 0 saturated carbocycles. The number of carbonyl (C=O) groups excluding carboxylic acids is 1. The minimum Gasteiger partial charge on any atom is -0.488 e. The van der Waals surface area contributed by atoms with Crippen molar-refractivity contribution in [2.24, 2.45) is 0 Å². The Balaban J connectivity index is 1.23. The lowest BCUT2D eigenvalue weighted by atomic mass is 10.1. The summed E-state index contributed by atoms with van der Waals surface area (Å²) in [6.45, 7) is -0.163. The van der Waals surface area contributed by atoms with Crippen molar-refractivity contribution < 1.29 is 31.5 Å². The fourth-order valence-electron chi connectivity index (χ4n) is 4.74. The second-order valence-corrected chi connectivity index (χ2v) is 12.1. The van der Waals surface area contributed by atoms with Crippen molar-refractivity contribution in [1.82, 2.24) is 20.3 Å². The van der Waals surface area contributed by atoms with Gasteiger partial charge in [-0.2, -0.15) is 0 Å². The predicted octanol–water partition coefficient (Wildman–Crippen LogP) is 3.29. The molecule has 3 aromatic heterocycles. The van der Waals surface area contributed by atoms with Gasteiger partial charge in [-0.05, 0) is 30.3 Å². The number of anilines is 3. The number of halogens is 2. The highest BCUT2D eigenvalue weighted by atomic mass is 32.2. The van der Waals surface area contributed by atoms with Gasteiger partial charge in [0.15, 0.2) is 11.6 Å². The second kappa shape index (κ2) is 10.8. The number of hydrogen-bond donors (Lipinski definition) is 1. The van der Waals surface area contributed by atoms with E-state index in [0.717, 1.165) is 23.2 Å². The molecule has 2 aliphatic heterocycles. The van der Waals surface area contributed by atoms with E-state index in [1.165, 1.54) is 0 Å². The third kappa shape index (κ3) is 5.07. The highest BCUT2D eigenvalue weighted by molar-refractivity contribution is 7.92. The SMILES string of the molecule is CN(C)c1cnc2c(c1)OCCN2c1ccc2cnc(CNC(=O)c3cc(F)c4c(c3)S(=O)(=O)[C@@H](F)COC4)cc2n1. The molecule has 11 nitrogen and oxygen atoms in total. The van der Waals surface area contributed by atoms with Crippen LogP contribution in [0.2, 0.25) is 0 Å². The number of ether oxygens (including phenoxy) is 2. The molecule has 0 saturated heterocycles. The van der Waals surface area contributed by atoms with Gasteiger partial charge in [0.2, 0.25) is 15.3 Å². The number of alkyl halides is 1. The minimum absolute atomic E-state index is 0.0454. The average molecular weight is 597 g/mol. The zero-order valence-electron chi connectivity index (χ0n) is 22.7. The summed E-state index contributed by atoms with van der Waals surface area (Å²) >= 11 is 0. The Bertz CT molecular complexity index is 1820. The summed E-state index contributed by atoms with van der Waals surface area (Å²) in [5, 5.41) is 3.39. The number of pyridine rings is 3. The molecule has 1 aromatic carbocycles. The van der Waals surface area contributed by atoms with Gasteiger partial charge in [0, 0.05) is 42.9 Å². The number of rotatable bonds is 5. The van der Waals surface area contributed by atoms with Crippen molar-refractivity contribution >= 4 is 44.0 Å². The van der Waals surface area contributed by atoms with Crippen LogP contribution in [0.25, 0.3) is 10.9 Å². The first-order valence-corrected chi connectivity index (χ1v) is 14.6. The van der Waals surface area contributed by atoms with E-state index in [-0.39, 0.29) is 17.7 Å². The van der Waals surface area contributed by atoms with E-state index in [1.807, 2.05) is 42.1 Å². The van der Waals surface area contributed by atoms with Gasteiger partial charge in [0.05, 0.1) is 54.3 Å². The molecule has 0 spiro atoms. The van der Waals surface area contributed by atoms with E-state index >= 15 is 0 Å². The zero-order chi connectivity index (χ0) is 29.6. The first-order valence-electron chi connectivity index (χ1n) is 13.0. The number of fused-ring (bicyclic) bond motifs is 3. The highest BCUT2D eigenvalue weighted by Gasteiger charge is 2.35. The number of aromatic nitrogens is 3. The number of nitrogens with one attached hydrogen (secondary N) is 1. The molecule has 5 heterocycles. The van der Waals surface area contributed by atoms with Crippen LogP contribution in [0.5, 0.6) is 5.75 Å². The Hall–Kier alpha value is -4.43. The van der Waals surface area contributed by atoms with Crippen LogP contribution in [-0.4, -0.2) is 68.6 Å². The monoisotopic (exact) mass is 596 g/mol. The van der Waals surface area contributed by atoms with Crippen molar-refractivity contribution in [2.45, 2.75) is 23.6 Å². The first kappa shape index (κ1) is 27.7. The van der Waals surface area contributed by atoms with Gasteiger partial charge < -0.3 is 24.6 Å². The Labute approximate surface area is 240 Å². The van der Waals surface area contributed by atoms with E-state index in [9.17, 15) is 22.0 Å². The van der Waals surface area contributed by atoms with Crippen LogP contribution in [0.3, 0.4) is 0 Å².